The summed E-state index contributed by atoms with van der Waals surface area (Å²) in [6.07, 6.45) is 0.268. The first kappa shape index (κ1) is 15.4. The van der Waals surface area contributed by atoms with Crippen molar-refractivity contribution in [1.29, 1.82) is 0 Å². The van der Waals surface area contributed by atoms with Crippen molar-refractivity contribution in [3.8, 4) is 0 Å². The van der Waals surface area contributed by atoms with Crippen LogP contribution in [0.15, 0.2) is 47.4 Å². The monoisotopic (exact) mass is 328 g/mol. The van der Waals surface area contributed by atoms with Crippen molar-refractivity contribution in [2.45, 2.75) is 11.3 Å². The molecule has 2 aromatic rings. The maximum atomic E-state index is 12.7. The molecule has 0 unspecified atom stereocenters. The highest BCUT2D eigenvalue weighted by Gasteiger charge is 2.08. The Balaban J connectivity index is 1.90. The quantitative estimate of drug-likeness (QED) is 0.715. The van der Waals surface area contributed by atoms with Crippen molar-refractivity contribution in [3.63, 3.8) is 0 Å². The summed E-state index contributed by atoms with van der Waals surface area (Å²) in [5, 5.41) is 1.05. The van der Waals surface area contributed by atoms with Crippen molar-refractivity contribution in [1.82, 2.24) is 0 Å². The molecule has 2 rings (SSSR count). The summed E-state index contributed by atoms with van der Waals surface area (Å²) in [6.45, 7) is 0. The van der Waals surface area contributed by atoms with Crippen LogP contribution in [0, 0.1) is 5.82 Å². The molecule has 5 heteroatoms. The molecule has 0 radical (unpaired) electrons. The number of rotatable bonds is 5. The molecule has 0 N–H and O–H groups in total. The van der Waals surface area contributed by atoms with Crippen LogP contribution in [0.4, 0.5) is 4.39 Å². The zero-order chi connectivity index (χ0) is 14.5. The lowest BCUT2D eigenvalue weighted by Gasteiger charge is -2.04. The summed E-state index contributed by atoms with van der Waals surface area (Å²) >= 11 is 13.2. The molecule has 0 fully saturated rings. The molecule has 104 valence electrons. The smallest absolute Gasteiger partial charge is 0.147 e. The Kier molecular flexibility index (Phi) is 5.46. The Bertz CT molecular complexity index is 614. The number of halogens is 3. The van der Waals surface area contributed by atoms with Crippen LogP contribution in [-0.4, -0.2) is 11.5 Å². The first-order chi connectivity index (χ1) is 9.54. The molecule has 20 heavy (non-hydrogen) atoms. The van der Waals surface area contributed by atoms with E-state index in [1.165, 1.54) is 23.9 Å². The van der Waals surface area contributed by atoms with Gasteiger partial charge in [0.2, 0.25) is 0 Å². The fourth-order valence-corrected chi connectivity index (χ4v) is 2.86. The van der Waals surface area contributed by atoms with Gasteiger partial charge in [-0.05, 0) is 42.0 Å². The van der Waals surface area contributed by atoms with Gasteiger partial charge in [0.25, 0.3) is 0 Å². The standard InChI is InChI=1S/C15H11Cl2FOS/c16-11-2-1-10(15(17)8-11)7-13(19)9-20-14-5-3-12(18)4-6-14/h1-6,8H,7,9H2. The van der Waals surface area contributed by atoms with Crippen molar-refractivity contribution in [2.75, 3.05) is 5.75 Å². The second kappa shape index (κ2) is 7.11. The first-order valence-corrected chi connectivity index (χ1v) is 7.63. The van der Waals surface area contributed by atoms with Crippen LogP contribution in [0.2, 0.25) is 10.0 Å². The Hall–Kier alpha value is -1.03. The maximum Gasteiger partial charge on any atom is 0.147 e. The molecule has 0 saturated carbocycles. The van der Waals surface area contributed by atoms with Gasteiger partial charge in [0, 0.05) is 21.4 Å². The van der Waals surface area contributed by atoms with Crippen LogP contribution in [0.25, 0.3) is 0 Å². The lowest BCUT2D eigenvalue weighted by atomic mass is 10.1. The molecular formula is C15H11Cl2FOS. The number of ketones is 1. The first-order valence-electron chi connectivity index (χ1n) is 5.88. The Morgan fingerprint density at radius 2 is 1.80 bits per heavy atom. The zero-order valence-corrected chi connectivity index (χ0v) is 12.7. The minimum Gasteiger partial charge on any atom is -0.298 e. The summed E-state index contributed by atoms with van der Waals surface area (Å²) in [6, 6.07) is 11.2. The highest BCUT2D eigenvalue weighted by molar-refractivity contribution is 8.00. The molecule has 0 aliphatic rings. The van der Waals surface area contributed by atoms with Crippen LogP contribution < -0.4 is 0 Å². The minimum absolute atomic E-state index is 0.0588. The fraction of sp³-hybridized carbons (Fsp3) is 0.133. The maximum absolute atomic E-state index is 12.7. The van der Waals surface area contributed by atoms with Gasteiger partial charge in [-0.1, -0.05) is 29.3 Å². The van der Waals surface area contributed by atoms with Gasteiger partial charge in [-0.2, -0.15) is 0 Å². The van der Waals surface area contributed by atoms with Gasteiger partial charge >= 0.3 is 0 Å². The zero-order valence-electron chi connectivity index (χ0n) is 10.4. The van der Waals surface area contributed by atoms with Crippen LogP contribution in [0.5, 0.6) is 0 Å². The number of hydrogen-bond donors (Lipinski definition) is 0. The van der Waals surface area contributed by atoms with Gasteiger partial charge in [-0.15, -0.1) is 11.8 Å². The van der Waals surface area contributed by atoms with E-state index in [-0.39, 0.29) is 18.0 Å². The third-order valence-corrected chi connectivity index (χ3v) is 4.27. The number of Topliss-reactive ketones (excluding diaryl/α,β-unsaturated/α-hetero) is 1. The molecule has 0 saturated heterocycles. The van der Waals surface area contributed by atoms with E-state index < -0.39 is 0 Å². The molecule has 0 aliphatic heterocycles. The van der Waals surface area contributed by atoms with Crippen molar-refractivity contribution in [3.05, 3.63) is 63.9 Å². The molecule has 0 aliphatic carbocycles. The number of benzene rings is 2. The van der Waals surface area contributed by atoms with Gasteiger partial charge in [0.15, 0.2) is 0 Å². The second-order valence-electron chi connectivity index (χ2n) is 4.19. The third-order valence-electron chi connectivity index (χ3n) is 2.62. The summed E-state index contributed by atoms with van der Waals surface area (Å²) in [4.78, 5) is 12.8. The normalized spacial score (nSPS) is 10.6. The van der Waals surface area contributed by atoms with E-state index in [2.05, 4.69) is 0 Å². The molecular weight excluding hydrogens is 318 g/mol. The lowest BCUT2D eigenvalue weighted by molar-refractivity contribution is -0.116. The van der Waals surface area contributed by atoms with E-state index in [9.17, 15) is 9.18 Å². The number of carbonyl (C=O) groups is 1. The molecule has 0 atom stereocenters. The molecule has 0 spiro atoms. The van der Waals surface area contributed by atoms with Gasteiger partial charge in [0.05, 0.1) is 5.75 Å². The average molecular weight is 329 g/mol. The summed E-state index contributed by atoms with van der Waals surface area (Å²) in [5.74, 6) is 0.0992. The number of carbonyl (C=O) groups excluding carboxylic acids is 1. The largest absolute Gasteiger partial charge is 0.298 e. The second-order valence-corrected chi connectivity index (χ2v) is 6.09. The minimum atomic E-state index is -0.284. The number of thioether (sulfide) groups is 1. The lowest BCUT2D eigenvalue weighted by Crippen LogP contribution is -2.06. The van der Waals surface area contributed by atoms with E-state index in [0.717, 1.165) is 10.5 Å². The SMILES string of the molecule is O=C(CSc1ccc(F)cc1)Cc1ccc(Cl)cc1Cl. The molecule has 0 bridgehead atoms. The highest BCUT2D eigenvalue weighted by atomic mass is 35.5. The summed E-state index contributed by atoms with van der Waals surface area (Å²) < 4.78 is 12.7. The van der Waals surface area contributed by atoms with Gasteiger partial charge in [-0.3, -0.25) is 4.79 Å². The predicted octanol–water partition coefficient (Wildman–Crippen LogP) is 5.04. The van der Waals surface area contributed by atoms with Crippen molar-refractivity contribution >= 4 is 40.7 Å². The van der Waals surface area contributed by atoms with E-state index in [4.69, 9.17) is 23.2 Å². The molecule has 2 aromatic carbocycles. The summed E-state index contributed by atoms with van der Waals surface area (Å²) in [5.41, 5.74) is 0.765. The Morgan fingerprint density at radius 1 is 1.10 bits per heavy atom. The molecule has 0 aromatic heterocycles. The highest BCUT2D eigenvalue weighted by Crippen LogP contribution is 2.23. The van der Waals surface area contributed by atoms with Crippen LogP contribution in [0.1, 0.15) is 5.56 Å². The van der Waals surface area contributed by atoms with Crippen LogP contribution >= 0.6 is 35.0 Å². The third kappa shape index (κ3) is 4.51. The van der Waals surface area contributed by atoms with E-state index >= 15 is 0 Å². The fourth-order valence-electron chi connectivity index (χ4n) is 1.62. The average Bonchev–Trinajstić information content (AvgIpc) is 2.41. The molecule has 1 nitrogen and oxygen atoms in total. The predicted molar refractivity (Wildman–Crippen MR) is 82.3 cm³/mol. The van der Waals surface area contributed by atoms with Gasteiger partial charge in [-0.25, -0.2) is 4.39 Å². The van der Waals surface area contributed by atoms with E-state index in [1.807, 2.05) is 0 Å². The van der Waals surface area contributed by atoms with Gasteiger partial charge in [0.1, 0.15) is 11.6 Å². The van der Waals surface area contributed by atoms with Crippen LogP contribution in [0.3, 0.4) is 0 Å². The van der Waals surface area contributed by atoms with Crippen LogP contribution in [-0.2, 0) is 11.2 Å². The number of hydrogen-bond acceptors (Lipinski definition) is 2. The summed E-state index contributed by atoms with van der Waals surface area (Å²) in [7, 11) is 0. The Labute approximate surface area is 131 Å². The topological polar surface area (TPSA) is 17.1 Å². The molecule has 0 amide bonds. The van der Waals surface area contributed by atoms with E-state index in [0.29, 0.717) is 15.8 Å². The molecule has 0 heterocycles. The van der Waals surface area contributed by atoms with Crippen molar-refractivity contribution < 1.29 is 9.18 Å². The van der Waals surface area contributed by atoms with Crippen molar-refractivity contribution in [2.24, 2.45) is 0 Å². The van der Waals surface area contributed by atoms with E-state index in [1.54, 1.807) is 30.3 Å². The Morgan fingerprint density at radius 3 is 2.45 bits per heavy atom. The van der Waals surface area contributed by atoms with Gasteiger partial charge < -0.3 is 0 Å².